The molecule has 0 saturated heterocycles. The van der Waals surface area contributed by atoms with Crippen LogP contribution in [0.1, 0.15) is 20.3 Å². The van der Waals surface area contributed by atoms with E-state index in [1.807, 2.05) is 13.8 Å². The van der Waals surface area contributed by atoms with Crippen molar-refractivity contribution in [1.82, 2.24) is 10.6 Å². The summed E-state index contributed by atoms with van der Waals surface area (Å²) in [7, 11) is 0. The Labute approximate surface area is 95.7 Å². The smallest absolute Gasteiger partial charge is 0.234 e. The lowest BCUT2D eigenvalue weighted by Gasteiger charge is -2.28. The van der Waals surface area contributed by atoms with Crippen LogP contribution < -0.4 is 10.6 Å². The molecule has 96 valence electrons. The number of aliphatic hydroxyl groups excluding tert-OH is 3. The maximum atomic E-state index is 11.4. The molecule has 0 aromatic rings. The van der Waals surface area contributed by atoms with Gasteiger partial charge in [-0.15, -0.1) is 0 Å². The largest absolute Gasteiger partial charge is 0.394 e. The van der Waals surface area contributed by atoms with Gasteiger partial charge in [-0.2, -0.15) is 0 Å². The van der Waals surface area contributed by atoms with Crippen LogP contribution in [0.3, 0.4) is 0 Å². The van der Waals surface area contributed by atoms with Crippen molar-refractivity contribution < 1.29 is 20.1 Å². The number of amides is 1. The van der Waals surface area contributed by atoms with Gasteiger partial charge in [0.15, 0.2) is 0 Å². The van der Waals surface area contributed by atoms with E-state index in [0.717, 1.165) is 6.42 Å². The van der Waals surface area contributed by atoms with Crippen molar-refractivity contribution in [2.45, 2.75) is 31.8 Å². The molecule has 1 amide bonds. The van der Waals surface area contributed by atoms with Gasteiger partial charge in [0.2, 0.25) is 5.91 Å². The van der Waals surface area contributed by atoms with Gasteiger partial charge in [-0.25, -0.2) is 0 Å². The third-order valence-corrected chi connectivity index (χ3v) is 2.54. The van der Waals surface area contributed by atoms with E-state index < -0.39 is 25.4 Å². The highest BCUT2D eigenvalue weighted by Gasteiger charge is 2.29. The maximum absolute atomic E-state index is 11.4. The molecule has 0 spiro atoms. The summed E-state index contributed by atoms with van der Waals surface area (Å²) in [5, 5.41) is 32.4. The van der Waals surface area contributed by atoms with Crippen LogP contribution in [0.2, 0.25) is 0 Å². The van der Waals surface area contributed by atoms with Crippen molar-refractivity contribution in [2.24, 2.45) is 0 Å². The maximum Gasteiger partial charge on any atom is 0.234 e. The van der Waals surface area contributed by atoms with Crippen LogP contribution in [0.4, 0.5) is 0 Å². The minimum Gasteiger partial charge on any atom is -0.394 e. The van der Waals surface area contributed by atoms with Crippen LogP contribution in [-0.2, 0) is 4.79 Å². The molecule has 0 aliphatic rings. The van der Waals surface area contributed by atoms with Gasteiger partial charge in [-0.1, -0.05) is 6.92 Å². The Kier molecular flexibility index (Phi) is 7.24. The van der Waals surface area contributed by atoms with Crippen molar-refractivity contribution in [3.63, 3.8) is 0 Å². The number of aliphatic hydroxyl groups is 3. The molecule has 16 heavy (non-hydrogen) atoms. The molecule has 0 aliphatic heterocycles. The Balaban J connectivity index is 4.10. The summed E-state index contributed by atoms with van der Waals surface area (Å²) in [6.45, 7) is 2.52. The molecule has 0 aromatic heterocycles. The van der Waals surface area contributed by atoms with Crippen molar-refractivity contribution in [1.29, 1.82) is 0 Å². The van der Waals surface area contributed by atoms with E-state index in [1.54, 1.807) is 0 Å². The monoisotopic (exact) mass is 234 g/mol. The minimum absolute atomic E-state index is 0.0940. The first-order valence-electron chi connectivity index (χ1n) is 5.40. The molecular formula is C10H22N2O4. The van der Waals surface area contributed by atoms with E-state index in [9.17, 15) is 4.79 Å². The molecule has 0 bridgehead atoms. The van der Waals surface area contributed by atoms with Crippen LogP contribution in [0.15, 0.2) is 0 Å². The Morgan fingerprint density at radius 1 is 1.25 bits per heavy atom. The summed E-state index contributed by atoms with van der Waals surface area (Å²) in [6.07, 6.45) is 0.901. The molecule has 5 N–H and O–H groups in total. The summed E-state index contributed by atoms with van der Waals surface area (Å²) >= 11 is 0. The SMILES string of the molecule is CCC(C)NCC(=O)NC(CO)(CO)CO. The Hall–Kier alpha value is -0.690. The van der Waals surface area contributed by atoms with Crippen molar-refractivity contribution in [2.75, 3.05) is 26.4 Å². The van der Waals surface area contributed by atoms with E-state index in [0.29, 0.717) is 0 Å². The zero-order valence-electron chi connectivity index (χ0n) is 9.86. The summed E-state index contributed by atoms with van der Waals surface area (Å²) < 4.78 is 0. The second kappa shape index (κ2) is 7.56. The molecule has 0 radical (unpaired) electrons. The van der Waals surface area contributed by atoms with Gasteiger partial charge in [0.25, 0.3) is 0 Å². The molecule has 0 heterocycles. The molecule has 0 aromatic carbocycles. The molecule has 1 atom stereocenters. The fourth-order valence-electron chi connectivity index (χ4n) is 1.02. The Morgan fingerprint density at radius 3 is 2.12 bits per heavy atom. The Bertz CT molecular complexity index is 199. The average Bonchev–Trinajstić information content (AvgIpc) is 2.33. The second-order valence-corrected chi connectivity index (χ2v) is 3.99. The first-order chi connectivity index (χ1) is 7.53. The van der Waals surface area contributed by atoms with Crippen molar-refractivity contribution >= 4 is 5.91 Å². The lowest BCUT2D eigenvalue weighted by Crippen LogP contribution is -2.58. The van der Waals surface area contributed by atoms with E-state index in [4.69, 9.17) is 15.3 Å². The average molecular weight is 234 g/mol. The van der Waals surface area contributed by atoms with Crippen LogP contribution >= 0.6 is 0 Å². The van der Waals surface area contributed by atoms with E-state index in [1.165, 1.54) is 0 Å². The van der Waals surface area contributed by atoms with E-state index in [2.05, 4.69) is 10.6 Å². The zero-order chi connectivity index (χ0) is 12.6. The van der Waals surface area contributed by atoms with Crippen LogP contribution in [0.25, 0.3) is 0 Å². The molecule has 0 aliphatic carbocycles. The topological polar surface area (TPSA) is 102 Å². The van der Waals surface area contributed by atoms with Gasteiger partial charge in [-0.3, -0.25) is 4.79 Å². The predicted molar refractivity (Wildman–Crippen MR) is 59.9 cm³/mol. The van der Waals surface area contributed by atoms with Crippen molar-refractivity contribution in [3.8, 4) is 0 Å². The molecule has 6 nitrogen and oxygen atoms in total. The fourth-order valence-corrected chi connectivity index (χ4v) is 1.02. The number of hydrogen-bond acceptors (Lipinski definition) is 5. The normalized spacial score (nSPS) is 13.6. The first-order valence-corrected chi connectivity index (χ1v) is 5.40. The van der Waals surface area contributed by atoms with Gasteiger partial charge in [0, 0.05) is 6.04 Å². The number of carbonyl (C=O) groups is 1. The number of carbonyl (C=O) groups excluding carboxylic acids is 1. The molecule has 0 rings (SSSR count). The summed E-state index contributed by atoms with van der Waals surface area (Å²) in [4.78, 5) is 11.4. The van der Waals surface area contributed by atoms with Gasteiger partial charge < -0.3 is 26.0 Å². The standard InChI is InChI=1S/C10H22N2O4/c1-3-8(2)11-4-9(16)12-10(5-13,6-14)7-15/h8,11,13-15H,3-7H2,1-2H3,(H,12,16). The Morgan fingerprint density at radius 2 is 1.75 bits per heavy atom. The molecule has 0 saturated carbocycles. The molecule has 6 heteroatoms. The van der Waals surface area contributed by atoms with Gasteiger partial charge in [-0.05, 0) is 13.3 Å². The minimum atomic E-state index is -1.34. The number of rotatable bonds is 8. The van der Waals surface area contributed by atoms with Crippen molar-refractivity contribution in [3.05, 3.63) is 0 Å². The predicted octanol–water partition coefficient (Wildman–Crippen LogP) is -1.79. The first kappa shape index (κ1) is 15.3. The third kappa shape index (κ3) is 4.89. The molecule has 1 unspecified atom stereocenters. The zero-order valence-corrected chi connectivity index (χ0v) is 9.86. The third-order valence-electron chi connectivity index (χ3n) is 2.54. The lowest BCUT2D eigenvalue weighted by molar-refractivity contribution is -0.124. The van der Waals surface area contributed by atoms with Gasteiger partial charge in [0.1, 0.15) is 5.54 Å². The van der Waals surface area contributed by atoms with Gasteiger partial charge >= 0.3 is 0 Å². The number of nitrogens with one attached hydrogen (secondary N) is 2. The highest BCUT2D eigenvalue weighted by atomic mass is 16.3. The van der Waals surface area contributed by atoms with E-state index in [-0.39, 0.29) is 18.5 Å². The molecule has 0 fully saturated rings. The summed E-state index contributed by atoms with van der Waals surface area (Å²) in [6, 6.07) is 0.220. The number of hydrogen-bond donors (Lipinski definition) is 5. The highest BCUT2D eigenvalue weighted by Crippen LogP contribution is 2.00. The van der Waals surface area contributed by atoms with E-state index >= 15 is 0 Å². The highest BCUT2D eigenvalue weighted by molar-refractivity contribution is 5.79. The van der Waals surface area contributed by atoms with Crippen LogP contribution in [0, 0.1) is 0 Å². The van der Waals surface area contributed by atoms with Gasteiger partial charge in [0.05, 0.1) is 26.4 Å². The lowest BCUT2D eigenvalue weighted by atomic mass is 10.0. The quantitative estimate of drug-likeness (QED) is 0.341. The summed E-state index contributed by atoms with van der Waals surface area (Å²) in [5.41, 5.74) is -1.34. The van der Waals surface area contributed by atoms with Crippen LogP contribution in [-0.4, -0.2) is 59.2 Å². The fraction of sp³-hybridized carbons (Fsp3) is 0.900. The second-order valence-electron chi connectivity index (χ2n) is 3.99. The van der Waals surface area contributed by atoms with Crippen LogP contribution in [0.5, 0.6) is 0 Å². The summed E-state index contributed by atoms with van der Waals surface area (Å²) in [5.74, 6) is -0.363. The molecular weight excluding hydrogens is 212 g/mol.